The van der Waals surface area contributed by atoms with Crippen LogP contribution >= 0.6 is 0 Å². The molecule has 1 fully saturated rings. The van der Waals surface area contributed by atoms with Crippen molar-refractivity contribution >= 4 is 17.7 Å². The summed E-state index contributed by atoms with van der Waals surface area (Å²) in [5, 5.41) is 11.8. The lowest BCUT2D eigenvalue weighted by Gasteiger charge is -2.12. The Hall–Kier alpha value is -2.17. The maximum atomic E-state index is 12.3. The van der Waals surface area contributed by atoms with Gasteiger partial charge >= 0.3 is 5.97 Å². The van der Waals surface area contributed by atoms with E-state index >= 15 is 0 Å². The van der Waals surface area contributed by atoms with Gasteiger partial charge in [-0.3, -0.25) is 14.4 Å². The molecule has 2 aliphatic carbocycles. The fourth-order valence-corrected chi connectivity index (χ4v) is 3.75. The summed E-state index contributed by atoms with van der Waals surface area (Å²) in [5.74, 6) is -1.32. The highest BCUT2D eigenvalue weighted by Crippen LogP contribution is 2.26. The number of hydrogen-bond acceptors (Lipinski definition) is 3. The number of nitrogens with one attached hydrogen (secondary N) is 1. The number of aliphatic carboxylic acids is 1. The van der Waals surface area contributed by atoms with Gasteiger partial charge < -0.3 is 10.4 Å². The number of fused-ring (bicyclic) bond motifs is 1. The third-order valence-corrected chi connectivity index (χ3v) is 5.15. The van der Waals surface area contributed by atoms with E-state index in [-0.39, 0.29) is 36.5 Å². The van der Waals surface area contributed by atoms with Crippen LogP contribution in [0.2, 0.25) is 0 Å². The van der Waals surface area contributed by atoms with Crippen LogP contribution in [0.3, 0.4) is 0 Å². The van der Waals surface area contributed by atoms with Gasteiger partial charge in [-0.2, -0.15) is 0 Å². The van der Waals surface area contributed by atoms with Gasteiger partial charge in [0.2, 0.25) is 5.91 Å². The fourth-order valence-electron chi connectivity index (χ4n) is 3.75. The Bertz CT molecular complexity index is 667. The summed E-state index contributed by atoms with van der Waals surface area (Å²) in [7, 11) is 0. The molecule has 1 aromatic rings. The average molecular weight is 329 g/mol. The molecule has 2 aliphatic rings. The molecule has 1 saturated carbocycles. The number of carboxylic acid groups (broad SMARTS) is 1. The van der Waals surface area contributed by atoms with Crippen molar-refractivity contribution in [2.45, 2.75) is 57.4 Å². The number of ketones is 1. The number of hydrogen-bond donors (Lipinski definition) is 2. The molecule has 0 unspecified atom stereocenters. The van der Waals surface area contributed by atoms with Crippen LogP contribution in [0.5, 0.6) is 0 Å². The summed E-state index contributed by atoms with van der Waals surface area (Å²) in [6.07, 6.45) is 5.40. The summed E-state index contributed by atoms with van der Waals surface area (Å²) < 4.78 is 0. The molecule has 0 radical (unpaired) electrons. The van der Waals surface area contributed by atoms with E-state index < -0.39 is 5.97 Å². The van der Waals surface area contributed by atoms with E-state index in [4.69, 9.17) is 5.11 Å². The minimum Gasteiger partial charge on any atom is -0.481 e. The summed E-state index contributed by atoms with van der Waals surface area (Å²) in [6.45, 7) is 0. The van der Waals surface area contributed by atoms with Crippen molar-refractivity contribution in [3.05, 3.63) is 34.9 Å². The Morgan fingerprint density at radius 2 is 1.88 bits per heavy atom. The zero-order chi connectivity index (χ0) is 17.1. The zero-order valence-electron chi connectivity index (χ0n) is 13.7. The van der Waals surface area contributed by atoms with Crippen molar-refractivity contribution in [1.29, 1.82) is 0 Å². The molecule has 0 heterocycles. The Morgan fingerprint density at radius 1 is 1.08 bits per heavy atom. The first-order valence-corrected chi connectivity index (χ1v) is 8.70. The molecule has 1 aromatic carbocycles. The monoisotopic (exact) mass is 329 g/mol. The average Bonchev–Trinajstić information content (AvgIpc) is 3.20. The molecule has 5 heteroatoms. The number of carboxylic acids is 1. The van der Waals surface area contributed by atoms with Crippen LogP contribution in [0, 0.1) is 5.92 Å². The zero-order valence-corrected chi connectivity index (χ0v) is 13.7. The summed E-state index contributed by atoms with van der Waals surface area (Å²) in [4.78, 5) is 35.2. The fraction of sp³-hybridized carbons (Fsp3) is 0.526. The van der Waals surface area contributed by atoms with Gasteiger partial charge in [-0.15, -0.1) is 0 Å². The van der Waals surface area contributed by atoms with Crippen molar-refractivity contribution in [2.75, 3.05) is 0 Å². The van der Waals surface area contributed by atoms with Gasteiger partial charge in [0.25, 0.3) is 0 Å². The lowest BCUT2D eigenvalue weighted by Crippen LogP contribution is -2.33. The van der Waals surface area contributed by atoms with E-state index in [9.17, 15) is 14.4 Å². The Labute approximate surface area is 141 Å². The van der Waals surface area contributed by atoms with Crippen LogP contribution in [0.1, 0.15) is 60.0 Å². The third kappa shape index (κ3) is 3.83. The number of aryl methyl sites for hydroxylation is 2. The molecule has 0 aromatic heterocycles. The lowest BCUT2D eigenvalue weighted by atomic mass is 10.0. The quantitative estimate of drug-likeness (QED) is 0.786. The molecule has 3 rings (SSSR count). The predicted octanol–water partition coefficient (Wildman–Crippen LogP) is 2.51. The topological polar surface area (TPSA) is 83.5 Å². The number of Topliss-reactive ketones (excluding diaryl/α,β-unsaturated/α-hetero) is 1. The molecule has 0 aliphatic heterocycles. The summed E-state index contributed by atoms with van der Waals surface area (Å²) >= 11 is 0. The number of rotatable bonds is 6. The molecule has 2 N–H and O–H groups in total. The minimum absolute atomic E-state index is 0.00492. The number of amides is 1. The van der Waals surface area contributed by atoms with E-state index in [1.54, 1.807) is 0 Å². The van der Waals surface area contributed by atoms with Crippen molar-refractivity contribution < 1.29 is 19.5 Å². The first-order valence-electron chi connectivity index (χ1n) is 8.70. The highest BCUT2D eigenvalue weighted by Gasteiger charge is 2.30. The predicted molar refractivity (Wildman–Crippen MR) is 88.9 cm³/mol. The van der Waals surface area contributed by atoms with Gasteiger partial charge in [0, 0.05) is 24.4 Å². The summed E-state index contributed by atoms with van der Waals surface area (Å²) in [5.41, 5.74) is 3.28. The third-order valence-electron chi connectivity index (χ3n) is 5.15. The van der Waals surface area contributed by atoms with Gasteiger partial charge in [-0.25, -0.2) is 0 Å². The van der Waals surface area contributed by atoms with Crippen LogP contribution in [0.4, 0.5) is 0 Å². The smallest absolute Gasteiger partial charge is 0.306 e. The second-order valence-corrected chi connectivity index (χ2v) is 6.87. The Kier molecular flexibility index (Phi) is 4.97. The van der Waals surface area contributed by atoms with Crippen LogP contribution in [-0.2, 0) is 22.4 Å². The standard InChI is InChI=1S/C19H23NO4/c21-17(14-5-4-12-2-1-3-13(12)10-14)8-9-18(22)20-16-7-6-15(11-16)19(23)24/h4-5,10,15-16H,1-3,6-9,11H2,(H,20,22)(H,23,24)/t15-,16+/m0/s1. The molecule has 5 nitrogen and oxygen atoms in total. The molecule has 24 heavy (non-hydrogen) atoms. The second kappa shape index (κ2) is 7.16. The van der Waals surface area contributed by atoms with E-state index in [1.807, 2.05) is 18.2 Å². The molecule has 0 bridgehead atoms. The van der Waals surface area contributed by atoms with Gasteiger partial charge in [-0.1, -0.05) is 12.1 Å². The molecule has 1 amide bonds. The van der Waals surface area contributed by atoms with Gasteiger partial charge in [0.15, 0.2) is 5.78 Å². The normalized spacial score (nSPS) is 22.2. The lowest BCUT2D eigenvalue weighted by molar-refractivity contribution is -0.141. The molecule has 2 atom stereocenters. The van der Waals surface area contributed by atoms with E-state index in [0.29, 0.717) is 24.8 Å². The highest BCUT2D eigenvalue weighted by atomic mass is 16.4. The molecule has 128 valence electrons. The molecular formula is C19H23NO4. The van der Waals surface area contributed by atoms with Crippen LogP contribution in [-0.4, -0.2) is 28.8 Å². The van der Waals surface area contributed by atoms with Crippen LogP contribution < -0.4 is 5.32 Å². The first-order chi connectivity index (χ1) is 11.5. The maximum absolute atomic E-state index is 12.3. The Balaban J connectivity index is 1.46. The largest absolute Gasteiger partial charge is 0.481 e. The van der Waals surface area contributed by atoms with Crippen molar-refractivity contribution in [3.63, 3.8) is 0 Å². The van der Waals surface area contributed by atoms with E-state index in [2.05, 4.69) is 5.32 Å². The minimum atomic E-state index is -0.793. The summed E-state index contributed by atoms with van der Waals surface area (Å²) in [6, 6.07) is 5.78. The highest BCUT2D eigenvalue weighted by molar-refractivity contribution is 5.98. The van der Waals surface area contributed by atoms with E-state index in [0.717, 1.165) is 19.3 Å². The van der Waals surface area contributed by atoms with Gasteiger partial charge in [0.05, 0.1) is 5.92 Å². The Morgan fingerprint density at radius 3 is 2.62 bits per heavy atom. The van der Waals surface area contributed by atoms with Crippen molar-refractivity contribution in [2.24, 2.45) is 5.92 Å². The van der Waals surface area contributed by atoms with Gasteiger partial charge in [0.1, 0.15) is 0 Å². The molecule has 0 saturated heterocycles. The SMILES string of the molecule is O=C(CCC(=O)c1ccc2c(c1)CCC2)N[C@@H]1CC[C@H](C(=O)O)C1. The first kappa shape index (κ1) is 16.7. The number of carbonyl (C=O) groups is 3. The van der Waals surface area contributed by atoms with Crippen LogP contribution in [0.25, 0.3) is 0 Å². The van der Waals surface area contributed by atoms with Crippen molar-refractivity contribution in [3.8, 4) is 0 Å². The molecular weight excluding hydrogens is 306 g/mol. The number of benzene rings is 1. The maximum Gasteiger partial charge on any atom is 0.306 e. The second-order valence-electron chi connectivity index (χ2n) is 6.87. The number of carbonyl (C=O) groups excluding carboxylic acids is 2. The van der Waals surface area contributed by atoms with E-state index in [1.165, 1.54) is 11.1 Å². The molecule has 0 spiro atoms. The van der Waals surface area contributed by atoms with Crippen LogP contribution in [0.15, 0.2) is 18.2 Å². The van der Waals surface area contributed by atoms with Crippen molar-refractivity contribution in [1.82, 2.24) is 5.32 Å². The van der Waals surface area contributed by atoms with Gasteiger partial charge in [-0.05, 0) is 55.7 Å².